The van der Waals surface area contributed by atoms with Crippen molar-refractivity contribution in [3.63, 3.8) is 0 Å². The van der Waals surface area contributed by atoms with Crippen LogP contribution in [0.3, 0.4) is 0 Å². The number of carbonyl (C=O) groups excluding carboxylic acids is 4. The fraction of sp³-hybridized carbons (Fsp3) is 0.167. The van der Waals surface area contributed by atoms with Crippen LogP contribution in [0, 0.1) is 0 Å². The van der Waals surface area contributed by atoms with Gasteiger partial charge in [0.05, 0.1) is 13.1 Å². The van der Waals surface area contributed by atoms with E-state index < -0.39 is 44.6 Å². The number of hydrogen-bond donors (Lipinski definition) is 4. The normalized spacial score (nSPS) is 11.8. The first-order chi connectivity index (χ1) is 16.9. The van der Waals surface area contributed by atoms with E-state index in [1.165, 1.54) is 0 Å². The van der Waals surface area contributed by atoms with E-state index in [0.29, 0.717) is 12.6 Å². The summed E-state index contributed by atoms with van der Waals surface area (Å²) in [5.74, 6) is -2.15. The Morgan fingerprint density at radius 3 is 1.37 bits per heavy atom. The van der Waals surface area contributed by atoms with Crippen LogP contribution in [0.15, 0.2) is 82.9 Å². The zero-order valence-corrected chi connectivity index (χ0v) is 19.6. The summed E-state index contributed by atoms with van der Waals surface area (Å²) >= 11 is 0. The summed E-state index contributed by atoms with van der Waals surface area (Å²) < 4.78 is 26.8. The van der Waals surface area contributed by atoms with Crippen molar-refractivity contribution >= 4 is 34.2 Å². The van der Waals surface area contributed by atoms with E-state index in [0.717, 1.165) is 23.5 Å². The van der Waals surface area contributed by atoms with Crippen LogP contribution in [-0.4, -0.2) is 45.9 Å². The van der Waals surface area contributed by atoms with Crippen molar-refractivity contribution in [2.24, 2.45) is 0 Å². The first kappa shape index (κ1) is 27.0. The second kappa shape index (κ2) is 14.1. The molecule has 0 atom stereocenters. The maximum absolute atomic E-state index is 13.4. The number of rotatable bonds is 14. The molecular weight excluding hydrogens is 472 g/mol. The highest BCUT2D eigenvalue weighted by atomic mass is 32.2. The summed E-state index contributed by atoms with van der Waals surface area (Å²) in [7, 11) is -4.69. The van der Waals surface area contributed by atoms with Gasteiger partial charge >= 0.3 is 0 Å². The molecule has 0 aliphatic heterocycles. The van der Waals surface area contributed by atoms with Crippen LogP contribution >= 0.6 is 0 Å². The zero-order valence-electron chi connectivity index (χ0n) is 18.8. The van der Waals surface area contributed by atoms with Gasteiger partial charge in [0.25, 0.3) is 11.8 Å². The second-order valence-electron chi connectivity index (χ2n) is 7.01. The molecule has 0 aromatic heterocycles. The molecule has 11 heteroatoms. The van der Waals surface area contributed by atoms with Crippen molar-refractivity contribution < 1.29 is 27.6 Å². The van der Waals surface area contributed by atoms with E-state index in [1.54, 1.807) is 48.5 Å². The lowest BCUT2D eigenvalue weighted by molar-refractivity contribution is -0.118. The molecule has 10 nitrogen and oxygen atoms in total. The van der Waals surface area contributed by atoms with Crippen LogP contribution in [0.2, 0.25) is 0 Å². The van der Waals surface area contributed by atoms with Gasteiger partial charge in [0.1, 0.15) is 12.6 Å². The Kier molecular flexibility index (Phi) is 10.9. The topological polar surface area (TPSA) is 151 Å². The van der Waals surface area contributed by atoms with E-state index in [9.17, 15) is 27.6 Å². The predicted molar refractivity (Wildman–Crippen MR) is 130 cm³/mol. The molecule has 0 fully saturated rings. The molecule has 0 spiro atoms. The number of carbonyl (C=O) groups is 4. The predicted octanol–water partition coefficient (Wildman–Crippen LogP) is 0.294. The molecule has 2 aromatic rings. The van der Waals surface area contributed by atoms with Crippen LogP contribution in [0.5, 0.6) is 0 Å². The molecule has 0 aliphatic rings. The third-order valence-electron chi connectivity index (χ3n) is 4.48. The number of nitrogens with one attached hydrogen (secondary N) is 4. The summed E-state index contributed by atoms with van der Waals surface area (Å²) in [5, 5.41) is 9.87. The number of amides is 2. The molecule has 2 aromatic carbocycles. The van der Waals surface area contributed by atoms with Crippen LogP contribution < -0.4 is 21.3 Å². The fourth-order valence-electron chi connectivity index (χ4n) is 2.81. The van der Waals surface area contributed by atoms with Gasteiger partial charge in [-0.3, -0.25) is 9.59 Å². The van der Waals surface area contributed by atoms with E-state index in [-0.39, 0.29) is 13.1 Å². The highest BCUT2D eigenvalue weighted by molar-refractivity contribution is 8.00. The lowest BCUT2D eigenvalue weighted by atomic mass is 10.2. The van der Waals surface area contributed by atoms with Gasteiger partial charge in [-0.05, 0) is 11.1 Å². The minimum absolute atomic E-state index is 0.198. The van der Waals surface area contributed by atoms with Gasteiger partial charge in [-0.2, -0.15) is 0 Å². The molecule has 0 saturated carbocycles. The number of sulfone groups is 1. The molecular formula is C24H26N4O6S. The highest BCUT2D eigenvalue weighted by Gasteiger charge is 2.33. The van der Waals surface area contributed by atoms with Gasteiger partial charge in [-0.1, -0.05) is 60.7 Å². The van der Waals surface area contributed by atoms with Gasteiger partial charge in [0.2, 0.25) is 9.84 Å². The summed E-state index contributed by atoms with van der Waals surface area (Å²) in [5.41, 5.74) is 1.63. The summed E-state index contributed by atoms with van der Waals surface area (Å²) in [6.45, 7) is -0.451. The largest absolute Gasteiger partial charge is 0.386 e. The van der Waals surface area contributed by atoms with E-state index >= 15 is 0 Å². The average Bonchev–Trinajstić information content (AvgIpc) is 2.87. The van der Waals surface area contributed by atoms with Crippen LogP contribution in [0.25, 0.3) is 0 Å². The quantitative estimate of drug-likeness (QED) is 0.214. The second-order valence-corrected chi connectivity index (χ2v) is 8.89. The van der Waals surface area contributed by atoms with Gasteiger partial charge < -0.3 is 30.9 Å². The van der Waals surface area contributed by atoms with Crippen molar-refractivity contribution in [2.75, 3.05) is 13.1 Å². The van der Waals surface area contributed by atoms with Crippen molar-refractivity contribution in [1.82, 2.24) is 21.3 Å². The minimum Gasteiger partial charge on any atom is -0.386 e. The number of hydrogen-bond acceptors (Lipinski definition) is 8. The molecule has 0 bridgehead atoms. The first-order valence-electron chi connectivity index (χ1n) is 10.5. The SMILES string of the molecule is O=CCNC(=O)/C(=C\NCc1ccccc1)S(=O)(=O)/C(=C/NCc1ccccc1)C(=O)NCC=O. The molecule has 2 amide bonds. The first-order valence-corrected chi connectivity index (χ1v) is 12.0. The molecule has 35 heavy (non-hydrogen) atoms. The van der Waals surface area contributed by atoms with Gasteiger partial charge in [-0.15, -0.1) is 0 Å². The smallest absolute Gasteiger partial charge is 0.265 e. The van der Waals surface area contributed by atoms with Gasteiger partial charge in [-0.25, -0.2) is 8.42 Å². The summed E-state index contributed by atoms with van der Waals surface area (Å²) in [6, 6.07) is 18.0. The zero-order chi connectivity index (χ0) is 25.5. The van der Waals surface area contributed by atoms with Crippen molar-refractivity contribution in [3.8, 4) is 0 Å². The lowest BCUT2D eigenvalue weighted by Gasteiger charge is -2.13. The molecule has 0 aliphatic carbocycles. The van der Waals surface area contributed by atoms with Gasteiger partial charge in [0.15, 0.2) is 9.81 Å². The Balaban J connectivity index is 2.38. The Labute approximate surface area is 203 Å². The molecule has 2 rings (SSSR count). The Morgan fingerprint density at radius 2 is 1.03 bits per heavy atom. The Bertz CT molecular complexity index is 1090. The highest BCUT2D eigenvalue weighted by Crippen LogP contribution is 2.18. The van der Waals surface area contributed by atoms with Crippen molar-refractivity contribution in [2.45, 2.75) is 13.1 Å². The maximum atomic E-state index is 13.4. The number of benzene rings is 2. The lowest BCUT2D eigenvalue weighted by Crippen LogP contribution is -2.36. The third kappa shape index (κ3) is 8.55. The molecule has 0 heterocycles. The Morgan fingerprint density at radius 1 is 0.657 bits per heavy atom. The van der Waals surface area contributed by atoms with Crippen LogP contribution in [0.1, 0.15) is 11.1 Å². The van der Waals surface area contributed by atoms with Crippen molar-refractivity contribution in [3.05, 3.63) is 94.0 Å². The average molecular weight is 499 g/mol. The molecule has 0 unspecified atom stereocenters. The molecule has 4 N–H and O–H groups in total. The standard InChI is InChI=1S/C24H26N4O6S/c29-13-11-27-23(31)21(17-25-15-19-7-3-1-4-8-19)35(33,34)22(24(32)28-12-14-30)18-26-16-20-9-5-2-6-10-20/h1-10,13-14,17-18,25-26H,11-12,15-16H2,(H,27,31)(H,28,32)/b21-17+,22-18+. The van der Waals surface area contributed by atoms with E-state index in [1.807, 2.05) is 12.1 Å². The molecule has 184 valence electrons. The van der Waals surface area contributed by atoms with E-state index in [2.05, 4.69) is 21.3 Å². The minimum atomic E-state index is -4.69. The van der Waals surface area contributed by atoms with Crippen molar-refractivity contribution in [1.29, 1.82) is 0 Å². The van der Waals surface area contributed by atoms with Crippen LogP contribution in [-0.2, 0) is 42.1 Å². The molecule has 0 radical (unpaired) electrons. The summed E-state index contributed by atoms with van der Waals surface area (Å²) in [4.78, 5) is 45.1. The summed E-state index contributed by atoms with van der Waals surface area (Å²) in [6.07, 6.45) is 2.74. The van der Waals surface area contributed by atoms with E-state index in [4.69, 9.17) is 0 Å². The monoisotopic (exact) mass is 498 g/mol. The van der Waals surface area contributed by atoms with Crippen LogP contribution in [0.4, 0.5) is 0 Å². The Hall–Kier alpha value is -4.25. The van der Waals surface area contributed by atoms with Gasteiger partial charge in [0, 0.05) is 25.5 Å². The maximum Gasteiger partial charge on any atom is 0.265 e. The molecule has 0 saturated heterocycles. The third-order valence-corrected chi connectivity index (χ3v) is 6.25. The number of aldehydes is 2. The fourth-order valence-corrected chi connectivity index (χ4v) is 4.15.